The van der Waals surface area contributed by atoms with Crippen molar-refractivity contribution in [2.75, 3.05) is 19.8 Å². The Hall–Kier alpha value is -2.38. The van der Waals surface area contributed by atoms with Crippen molar-refractivity contribution in [1.29, 1.82) is 0 Å². The molecule has 1 saturated heterocycles. The maximum Gasteiger partial charge on any atom is 0.305 e. The van der Waals surface area contributed by atoms with Gasteiger partial charge in [0.25, 0.3) is 0 Å². The zero-order chi connectivity index (χ0) is 58.0. The van der Waals surface area contributed by atoms with Gasteiger partial charge in [-0.15, -0.1) is 0 Å². The molecule has 0 aromatic rings. The first-order valence-corrected chi connectivity index (χ1v) is 33.9. The molecule has 11 nitrogen and oxygen atoms in total. The highest BCUT2D eigenvalue weighted by Gasteiger charge is 2.44. The van der Waals surface area contributed by atoms with Crippen LogP contribution < -0.4 is 5.32 Å². The number of nitrogens with one attached hydrogen (secondary N) is 1. The molecule has 7 unspecified atom stereocenters. The van der Waals surface area contributed by atoms with Crippen LogP contribution in [0.4, 0.5) is 0 Å². The number of allylic oxidation sites excluding steroid dienone is 7. The van der Waals surface area contributed by atoms with Gasteiger partial charge < -0.3 is 45.1 Å². The molecule has 1 aliphatic rings. The Morgan fingerprint density at radius 2 is 0.850 bits per heavy atom. The second kappa shape index (κ2) is 58.4. The first kappa shape index (κ1) is 75.6. The number of esters is 1. The molecule has 1 fully saturated rings. The normalized spacial score (nSPS) is 18.6. The van der Waals surface area contributed by atoms with Crippen LogP contribution in [0.5, 0.6) is 0 Å². The van der Waals surface area contributed by atoms with E-state index in [0.717, 1.165) is 64.2 Å². The Balaban J connectivity index is 2.01. The quantitative estimate of drug-likeness (QED) is 0.0195. The zero-order valence-corrected chi connectivity index (χ0v) is 51.8. The lowest BCUT2D eigenvalue weighted by molar-refractivity contribution is -0.302. The molecule has 0 aliphatic carbocycles. The Morgan fingerprint density at radius 3 is 1.31 bits per heavy atom. The van der Waals surface area contributed by atoms with Crippen LogP contribution in [0.25, 0.3) is 0 Å². The first-order valence-electron chi connectivity index (χ1n) is 33.9. The van der Waals surface area contributed by atoms with Crippen LogP contribution in [-0.2, 0) is 23.8 Å². The van der Waals surface area contributed by atoms with Crippen molar-refractivity contribution in [3.8, 4) is 0 Å². The fourth-order valence-corrected chi connectivity index (χ4v) is 10.5. The minimum atomic E-state index is -1.58. The summed E-state index contributed by atoms with van der Waals surface area (Å²) in [5.41, 5.74) is 0. The molecule has 0 radical (unpaired) electrons. The monoisotopic (exact) mass is 1130 g/mol. The number of rotatable bonds is 59. The van der Waals surface area contributed by atoms with Crippen molar-refractivity contribution in [2.45, 2.75) is 358 Å². The third-order valence-electron chi connectivity index (χ3n) is 15.9. The van der Waals surface area contributed by atoms with Gasteiger partial charge in [0.05, 0.1) is 32.0 Å². The molecule has 468 valence electrons. The Kier molecular flexibility index (Phi) is 55.2. The van der Waals surface area contributed by atoms with Crippen molar-refractivity contribution in [2.24, 2.45) is 0 Å². The Bertz CT molecular complexity index is 1470. The van der Waals surface area contributed by atoms with Gasteiger partial charge in [-0.25, -0.2) is 0 Å². The van der Waals surface area contributed by atoms with Crippen LogP contribution in [0.15, 0.2) is 48.6 Å². The lowest BCUT2D eigenvalue weighted by atomic mass is 9.99. The fraction of sp³-hybridized carbons (Fsp3) is 0.855. The number of amides is 1. The highest BCUT2D eigenvalue weighted by molar-refractivity contribution is 5.76. The van der Waals surface area contributed by atoms with Crippen LogP contribution in [0, 0.1) is 0 Å². The number of hydrogen-bond acceptors (Lipinski definition) is 10. The van der Waals surface area contributed by atoms with E-state index >= 15 is 0 Å². The number of aliphatic hydroxyl groups excluding tert-OH is 5. The standard InChI is InChI=1S/C69H127NO10/c1-3-5-7-9-11-13-15-36-39-43-47-51-55-62(72)61(60-79-69-68(77)67(76)66(75)63(59-71)80-69)70-64(73)56-52-48-44-40-37-33-31-29-27-25-23-21-19-17-16-18-20-22-24-26-28-30-32-34-38-42-46-50-54-58-78-65(74)57-53-49-45-41-35-14-12-10-8-6-4-2/h16,18,22,24,36,39,51,55,61-63,66-69,71-72,75-77H,3-15,17,19-21,23,25-35,37-38,40-50,52-54,56-60H2,1-2H3,(H,70,73)/b18-16-,24-22-,39-36+,55-51+. The average Bonchev–Trinajstić information content (AvgIpc) is 3.46. The first-order chi connectivity index (χ1) is 39.2. The predicted molar refractivity (Wildman–Crippen MR) is 334 cm³/mol. The molecule has 0 spiro atoms. The van der Waals surface area contributed by atoms with Gasteiger partial charge in [0.2, 0.25) is 5.91 Å². The SMILES string of the molecule is CCCCCCCC/C=C/CC/C=C/C(O)C(COC1OC(CO)C(O)C(O)C1O)NC(=O)CCCCCCCCCCCCCCC/C=C\C/C=C\CCCCCCCCCCCOC(=O)CCCCCCCCCCCCC. The molecule has 0 saturated carbocycles. The van der Waals surface area contributed by atoms with Crippen LogP contribution >= 0.6 is 0 Å². The summed E-state index contributed by atoms with van der Waals surface area (Å²) in [6.45, 7) is 4.32. The van der Waals surface area contributed by atoms with E-state index in [0.29, 0.717) is 19.4 Å². The van der Waals surface area contributed by atoms with Crippen LogP contribution in [0.1, 0.15) is 316 Å². The molecule has 7 atom stereocenters. The maximum absolute atomic E-state index is 13.0. The van der Waals surface area contributed by atoms with Crippen molar-refractivity contribution in [1.82, 2.24) is 5.32 Å². The van der Waals surface area contributed by atoms with Gasteiger partial charge in [-0.2, -0.15) is 0 Å². The average molecular weight is 1130 g/mol. The Labute approximate surface area is 491 Å². The predicted octanol–water partition coefficient (Wildman–Crippen LogP) is 16.8. The molecule has 1 aliphatic heterocycles. The number of carbonyl (C=O) groups is 2. The molecule has 0 aromatic heterocycles. The lowest BCUT2D eigenvalue weighted by Gasteiger charge is -2.40. The summed E-state index contributed by atoms with van der Waals surface area (Å²) in [5, 5.41) is 54.4. The molecule has 6 N–H and O–H groups in total. The molecule has 80 heavy (non-hydrogen) atoms. The number of ether oxygens (including phenoxy) is 3. The largest absolute Gasteiger partial charge is 0.466 e. The van der Waals surface area contributed by atoms with Crippen molar-refractivity contribution < 1.29 is 49.3 Å². The molecule has 0 bridgehead atoms. The summed E-state index contributed by atoms with van der Waals surface area (Å²) in [5.74, 6) is -0.190. The van der Waals surface area contributed by atoms with E-state index in [1.54, 1.807) is 6.08 Å². The molecule has 1 rings (SSSR count). The maximum atomic E-state index is 13.0. The van der Waals surface area contributed by atoms with E-state index in [-0.39, 0.29) is 18.5 Å². The van der Waals surface area contributed by atoms with Crippen LogP contribution in [-0.4, -0.2) is 100 Å². The third-order valence-corrected chi connectivity index (χ3v) is 15.9. The highest BCUT2D eigenvalue weighted by Crippen LogP contribution is 2.23. The van der Waals surface area contributed by atoms with Gasteiger partial charge in [-0.1, -0.05) is 274 Å². The number of aliphatic hydroxyl groups is 5. The van der Waals surface area contributed by atoms with E-state index in [1.165, 1.54) is 225 Å². The Morgan fingerprint density at radius 1 is 0.463 bits per heavy atom. The summed E-state index contributed by atoms with van der Waals surface area (Å²) < 4.78 is 16.7. The van der Waals surface area contributed by atoms with Gasteiger partial charge in [0, 0.05) is 12.8 Å². The second-order valence-corrected chi connectivity index (χ2v) is 23.5. The topological polar surface area (TPSA) is 175 Å². The molecular formula is C69H127NO10. The van der Waals surface area contributed by atoms with Crippen LogP contribution in [0.3, 0.4) is 0 Å². The second-order valence-electron chi connectivity index (χ2n) is 23.5. The summed E-state index contributed by atoms with van der Waals surface area (Å²) in [6, 6.07) is -0.828. The van der Waals surface area contributed by atoms with Gasteiger partial charge in [0.1, 0.15) is 24.4 Å². The number of carbonyl (C=O) groups excluding carboxylic acids is 2. The fourth-order valence-electron chi connectivity index (χ4n) is 10.5. The molecular weight excluding hydrogens is 1000 g/mol. The van der Waals surface area contributed by atoms with E-state index in [9.17, 15) is 35.1 Å². The van der Waals surface area contributed by atoms with E-state index < -0.39 is 49.5 Å². The lowest BCUT2D eigenvalue weighted by Crippen LogP contribution is -2.60. The van der Waals surface area contributed by atoms with Crippen molar-refractivity contribution in [3.05, 3.63) is 48.6 Å². The minimum absolute atomic E-state index is 0.00259. The van der Waals surface area contributed by atoms with Gasteiger partial charge in [-0.3, -0.25) is 9.59 Å². The van der Waals surface area contributed by atoms with Crippen molar-refractivity contribution in [3.63, 3.8) is 0 Å². The summed E-state index contributed by atoms with van der Waals surface area (Å²) in [4.78, 5) is 25.1. The van der Waals surface area contributed by atoms with E-state index in [1.807, 2.05) is 6.08 Å². The number of unbranched alkanes of at least 4 members (excludes halogenated alkanes) is 39. The van der Waals surface area contributed by atoms with Gasteiger partial charge >= 0.3 is 5.97 Å². The van der Waals surface area contributed by atoms with Crippen LogP contribution in [0.2, 0.25) is 0 Å². The third kappa shape index (κ3) is 47.0. The smallest absolute Gasteiger partial charge is 0.305 e. The summed E-state index contributed by atoms with van der Waals surface area (Å²) in [6.07, 6.45) is 65.2. The van der Waals surface area contributed by atoms with Gasteiger partial charge in [0.15, 0.2) is 6.29 Å². The molecule has 0 aromatic carbocycles. The van der Waals surface area contributed by atoms with Crippen molar-refractivity contribution >= 4 is 11.9 Å². The molecule has 1 amide bonds. The van der Waals surface area contributed by atoms with E-state index in [4.69, 9.17) is 14.2 Å². The zero-order valence-electron chi connectivity index (χ0n) is 51.8. The molecule has 11 heteroatoms. The van der Waals surface area contributed by atoms with E-state index in [2.05, 4.69) is 55.6 Å². The molecule has 1 heterocycles. The summed E-state index contributed by atoms with van der Waals surface area (Å²) >= 11 is 0. The highest BCUT2D eigenvalue weighted by atomic mass is 16.7. The number of hydrogen-bond donors (Lipinski definition) is 6. The minimum Gasteiger partial charge on any atom is -0.466 e. The summed E-state index contributed by atoms with van der Waals surface area (Å²) in [7, 11) is 0. The van der Waals surface area contributed by atoms with Gasteiger partial charge in [-0.05, 0) is 77.0 Å².